The molecule has 1 heterocycles. The Morgan fingerprint density at radius 2 is 1.64 bits per heavy atom. The second-order valence-electron chi connectivity index (χ2n) is 7.76. The first-order chi connectivity index (χ1) is 13.8. The van der Waals surface area contributed by atoms with Crippen molar-refractivity contribution in [3.63, 3.8) is 0 Å². The van der Waals surface area contributed by atoms with Gasteiger partial charge in [0, 0.05) is 22.7 Å². The van der Waals surface area contributed by atoms with Crippen LogP contribution in [0.5, 0.6) is 0 Å². The second-order valence-corrected chi connectivity index (χ2v) is 7.76. The number of aromatic nitrogens is 1. The van der Waals surface area contributed by atoms with Crippen LogP contribution in [0.1, 0.15) is 16.7 Å². The number of hydrogen-bond acceptors (Lipinski definition) is 2. The Bertz CT molecular complexity index is 1400. The molecule has 0 spiro atoms. The molecule has 2 nitrogen and oxygen atoms in total. The molecule has 0 saturated heterocycles. The Balaban J connectivity index is 1.57. The lowest BCUT2D eigenvalue weighted by Gasteiger charge is -2.22. The molecule has 1 N–H and O–H groups in total. The fourth-order valence-corrected chi connectivity index (χ4v) is 4.70. The van der Waals surface area contributed by atoms with Crippen LogP contribution >= 0.6 is 0 Å². The lowest BCUT2D eigenvalue weighted by Crippen LogP contribution is -2.04. The van der Waals surface area contributed by atoms with E-state index in [9.17, 15) is 0 Å². The largest absolute Gasteiger partial charge is 0.340 e. The van der Waals surface area contributed by atoms with Gasteiger partial charge in [-0.1, -0.05) is 54.6 Å². The summed E-state index contributed by atoms with van der Waals surface area (Å²) in [6, 6.07) is 24.0. The predicted molar refractivity (Wildman–Crippen MR) is 119 cm³/mol. The number of benzene rings is 4. The summed E-state index contributed by atoms with van der Waals surface area (Å²) >= 11 is 0. The lowest BCUT2D eigenvalue weighted by atomic mass is 9.84. The van der Waals surface area contributed by atoms with E-state index in [2.05, 4.69) is 77.9 Å². The van der Waals surface area contributed by atoms with E-state index in [1.165, 1.54) is 43.6 Å². The number of hydrogen-bond donors (Lipinski definition) is 1. The van der Waals surface area contributed by atoms with Crippen molar-refractivity contribution in [3.8, 4) is 0 Å². The van der Waals surface area contributed by atoms with Crippen molar-refractivity contribution in [2.45, 2.75) is 19.8 Å². The second kappa shape index (κ2) is 5.80. The van der Waals surface area contributed by atoms with E-state index in [4.69, 9.17) is 0 Å². The molecule has 0 radical (unpaired) electrons. The summed E-state index contributed by atoms with van der Waals surface area (Å²) in [6.45, 7) is 2.24. The van der Waals surface area contributed by atoms with Gasteiger partial charge in [-0.3, -0.25) is 0 Å². The normalized spacial score (nSPS) is 12.9. The van der Waals surface area contributed by atoms with Crippen LogP contribution in [0.25, 0.3) is 32.3 Å². The number of pyridine rings is 1. The minimum atomic E-state index is 0.884. The Morgan fingerprint density at radius 1 is 0.786 bits per heavy atom. The fourth-order valence-electron chi connectivity index (χ4n) is 4.70. The lowest BCUT2D eigenvalue weighted by molar-refractivity contribution is 0.957. The van der Waals surface area contributed by atoms with Gasteiger partial charge in [-0.15, -0.1) is 0 Å². The maximum Gasteiger partial charge on any atom is 0.130 e. The Kier molecular flexibility index (Phi) is 3.24. The van der Waals surface area contributed by atoms with E-state index in [0.29, 0.717) is 0 Å². The molecule has 2 heteroatoms. The molecular weight excluding hydrogens is 340 g/mol. The van der Waals surface area contributed by atoms with Crippen LogP contribution in [-0.4, -0.2) is 4.98 Å². The van der Waals surface area contributed by atoms with Crippen LogP contribution in [0.15, 0.2) is 72.9 Å². The summed E-state index contributed by atoms with van der Waals surface area (Å²) in [5, 5.41) is 11.4. The standard InChI is InChI=1S/C26H20N2/c1-16-6-7-17-9-12-22-23(13-10-18-8-11-21(16)25(17)26(18)22)28-24-14-19-4-2-3-5-20(19)15-27-24/h2-7,9-10,12-15H,8,11H2,1H3,(H,27,28). The summed E-state index contributed by atoms with van der Waals surface area (Å²) < 4.78 is 0. The topological polar surface area (TPSA) is 24.9 Å². The highest BCUT2D eigenvalue weighted by Crippen LogP contribution is 2.40. The highest BCUT2D eigenvalue weighted by molar-refractivity contribution is 6.15. The summed E-state index contributed by atoms with van der Waals surface area (Å²) in [5.41, 5.74) is 5.49. The summed E-state index contributed by atoms with van der Waals surface area (Å²) in [5.74, 6) is 0.884. The zero-order valence-electron chi connectivity index (χ0n) is 15.8. The van der Waals surface area contributed by atoms with E-state index >= 15 is 0 Å². The zero-order valence-corrected chi connectivity index (χ0v) is 15.8. The van der Waals surface area contributed by atoms with Crippen LogP contribution in [0.4, 0.5) is 11.5 Å². The molecule has 0 bridgehead atoms. The summed E-state index contributed by atoms with van der Waals surface area (Å²) in [4.78, 5) is 4.63. The van der Waals surface area contributed by atoms with Crippen LogP contribution in [-0.2, 0) is 12.8 Å². The minimum Gasteiger partial charge on any atom is -0.340 e. The highest BCUT2D eigenvalue weighted by atomic mass is 15.0. The molecule has 1 aliphatic carbocycles. The highest BCUT2D eigenvalue weighted by Gasteiger charge is 2.18. The van der Waals surface area contributed by atoms with Gasteiger partial charge in [0.2, 0.25) is 0 Å². The van der Waals surface area contributed by atoms with E-state index < -0.39 is 0 Å². The van der Waals surface area contributed by atoms with Gasteiger partial charge >= 0.3 is 0 Å². The quantitative estimate of drug-likeness (QED) is 0.355. The van der Waals surface area contributed by atoms with Gasteiger partial charge in [0.15, 0.2) is 0 Å². The number of nitrogens with one attached hydrogen (secondary N) is 1. The maximum absolute atomic E-state index is 4.63. The van der Waals surface area contributed by atoms with Gasteiger partial charge in [-0.25, -0.2) is 4.98 Å². The number of nitrogens with zero attached hydrogens (tertiary/aromatic N) is 1. The van der Waals surface area contributed by atoms with Gasteiger partial charge < -0.3 is 5.32 Å². The van der Waals surface area contributed by atoms with Crippen molar-refractivity contribution in [1.82, 2.24) is 4.98 Å². The monoisotopic (exact) mass is 360 g/mol. The Morgan fingerprint density at radius 3 is 2.57 bits per heavy atom. The number of aryl methyl sites for hydroxylation is 3. The van der Waals surface area contributed by atoms with Crippen LogP contribution < -0.4 is 5.32 Å². The summed E-state index contributed by atoms with van der Waals surface area (Å²) in [7, 11) is 0. The van der Waals surface area contributed by atoms with Gasteiger partial charge in [-0.2, -0.15) is 0 Å². The van der Waals surface area contributed by atoms with Crippen molar-refractivity contribution in [1.29, 1.82) is 0 Å². The van der Waals surface area contributed by atoms with Crippen LogP contribution in [0, 0.1) is 6.92 Å². The molecule has 5 aromatic rings. The van der Waals surface area contributed by atoms with E-state index in [1.807, 2.05) is 12.3 Å². The first-order valence-electron chi connectivity index (χ1n) is 9.86. The molecule has 1 aromatic heterocycles. The van der Waals surface area contributed by atoms with E-state index in [1.54, 1.807) is 0 Å². The molecule has 0 aliphatic heterocycles. The number of anilines is 2. The smallest absolute Gasteiger partial charge is 0.130 e. The van der Waals surface area contributed by atoms with Gasteiger partial charge in [0.1, 0.15) is 5.82 Å². The Labute approximate surface area is 163 Å². The zero-order chi connectivity index (χ0) is 18.7. The van der Waals surface area contributed by atoms with Gasteiger partial charge in [-0.05, 0) is 70.1 Å². The molecule has 4 aromatic carbocycles. The first-order valence-corrected chi connectivity index (χ1v) is 9.86. The molecular formula is C26H20N2. The van der Waals surface area contributed by atoms with Crippen molar-refractivity contribution < 1.29 is 0 Å². The fraction of sp³-hybridized carbons (Fsp3) is 0.115. The van der Waals surface area contributed by atoms with Crippen LogP contribution in [0.2, 0.25) is 0 Å². The van der Waals surface area contributed by atoms with Crippen molar-refractivity contribution in [2.24, 2.45) is 0 Å². The Hall–Kier alpha value is -3.39. The molecule has 0 amide bonds. The molecule has 0 saturated carbocycles. The third-order valence-electron chi connectivity index (χ3n) is 6.13. The van der Waals surface area contributed by atoms with Crippen molar-refractivity contribution >= 4 is 43.8 Å². The molecule has 134 valence electrons. The average molecular weight is 360 g/mol. The average Bonchev–Trinajstić information content (AvgIpc) is 2.74. The summed E-state index contributed by atoms with van der Waals surface area (Å²) in [6.07, 6.45) is 4.18. The van der Waals surface area contributed by atoms with Gasteiger partial charge in [0.25, 0.3) is 0 Å². The molecule has 0 atom stereocenters. The SMILES string of the molecule is Cc1ccc2ccc3c(Nc4cc5ccccc5cn4)ccc4c3c2c1CC4. The minimum absolute atomic E-state index is 0.884. The van der Waals surface area contributed by atoms with Crippen molar-refractivity contribution in [2.75, 3.05) is 5.32 Å². The first kappa shape index (κ1) is 15.6. The number of rotatable bonds is 2. The molecule has 28 heavy (non-hydrogen) atoms. The van der Waals surface area contributed by atoms with E-state index in [-0.39, 0.29) is 0 Å². The molecule has 0 unspecified atom stereocenters. The molecule has 0 fully saturated rings. The molecule has 1 aliphatic rings. The maximum atomic E-state index is 4.63. The number of fused-ring (bicyclic) bond motifs is 1. The third kappa shape index (κ3) is 2.24. The molecule has 6 rings (SSSR count). The van der Waals surface area contributed by atoms with E-state index in [0.717, 1.165) is 29.7 Å². The third-order valence-corrected chi connectivity index (χ3v) is 6.13. The predicted octanol–water partition coefficient (Wildman–Crippen LogP) is 6.69. The van der Waals surface area contributed by atoms with Crippen LogP contribution in [0.3, 0.4) is 0 Å². The van der Waals surface area contributed by atoms with Crippen molar-refractivity contribution in [3.05, 3.63) is 89.6 Å². The van der Waals surface area contributed by atoms with Gasteiger partial charge in [0.05, 0.1) is 0 Å².